The lowest BCUT2D eigenvalue weighted by Crippen LogP contribution is -2.43. The molecule has 208 valence electrons. The first-order valence-corrected chi connectivity index (χ1v) is 14.9. The monoisotopic (exact) mass is 578 g/mol. The lowest BCUT2D eigenvalue weighted by Gasteiger charge is -2.31. The second kappa shape index (κ2) is 10.5. The van der Waals surface area contributed by atoms with Gasteiger partial charge in [0.25, 0.3) is 0 Å². The number of morpholine rings is 1. The summed E-state index contributed by atoms with van der Waals surface area (Å²) < 4.78 is 6.86. The van der Waals surface area contributed by atoms with Crippen molar-refractivity contribution < 1.29 is 19.1 Å². The van der Waals surface area contributed by atoms with Gasteiger partial charge in [0.15, 0.2) is 0 Å². The lowest BCUT2D eigenvalue weighted by atomic mass is 9.83. The Labute approximate surface area is 240 Å². The summed E-state index contributed by atoms with van der Waals surface area (Å²) in [4.78, 5) is 59.8. The minimum Gasteiger partial charge on any atom is -0.378 e. The Kier molecular flexibility index (Phi) is 7.05. The van der Waals surface area contributed by atoms with E-state index in [2.05, 4.69) is 0 Å². The summed E-state index contributed by atoms with van der Waals surface area (Å²) in [6.45, 7) is 3.75. The molecule has 11 heteroatoms. The zero-order valence-electron chi connectivity index (χ0n) is 22.5. The van der Waals surface area contributed by atoms with E-state index in [0.29, 0.717) is 37.0 Å². The minimum absolute atomic E-state index is 0.106. The maximum atomic E-state index is 14.0. The summed E-state index contributed by atoms with van der Waals surface area (Å²) >= 11 is 2.31. The van der Waals surface area contributed by atoms with Gasteiger partial charge in [-0.3, -0.25) is 23.7 Å². The Balaban J connectivity index is 1.43. The van der Waals surface area contributed by atoms with E-state index in [1.54, 1.807) is 17.0 Å². The number of anilines is 2. The predicted octanol–water partition coefficient (Wildman–Crippen LogP) is 2.94. The number of hydrogen-bond acceptors (Lipinski definition) is 8. The summed E-state index contributed by atoms with van der Waals surface area (Å²) in [6.07, 6.45) is 0. The van der Waals surface area contributed by atoms with Crippen LogP contribution in [-0.2, 0) is 25.7 Å². The number of rotatable bonds is 5. The highest BCUT2D eigenvalue weighted by molar-refractivity contribution is 8.00. The van der Waals surface area contributed by atoms with Crippen molar-refractivity contribution in [1.82, 2.24) is 9.47 Å². The molecule has 40 heavy (non-hydrogen) atoms. The zero-order chi connectivity index (χ0) is 28.1. The molecular formula is C29H30N4O5S2. The van der Waals surface area contributed by atoms with Gasteiger partial charge in [-0.25, -0.2) is 4.90 Å². The van der Waals surface area contributed by atoms with Crippen LogP contribution in [-0.4, -0.2) is 72.8 Å². The Morgan fingerprint density at radius 3 is 2.30 bits per heavy atom. The molecule has 9 nitrogen and oxygen atoms in total. The third-order valence-electron chi connectivity index (χ3n) is 7.77. The highest BCUT2D eigenvalue weighted by Gasteiger charge is 2.56. The third-order valence-corrected chi connectivity index (χ3v) is 10.4. The van der Waals surface area contributed by atoms with Crippen LogP contribution in [0.5, 0.6) is 0 Å². The molecule has 2 aromatic carbocycles. The van der Waals surface area contributed by atoms with Gasteiger partial charge >= 0.3 is 4.87 Å². The summed E-state index contributed by atoms with van der Waals surface area (Å²) in [5.41, 5.74) is 3.44. The zero-order valence-corrected chi connectivity index (χ0v) is 24.2. The smallest absolute Gasteiger partial charge is 0.308 e. The van der Waals surface area contributed by atoms with Gasteiger partial charge in [0, 0.05) is 43.7 Å². The molecule has 3 aromatic rings. The van der Waals surface area contributed by atoms with E-state index < -0.39 is 17.1 Å². The number of carbonyl (C=O) groups is 3. The van der Waals surface area contributed by atoms with Crippen molar-refractivity contribution in [3.05, 3.63) is 74.2 Å². The highest BCUT2D eigenvalue weighted by Crippen LogP contribution is 2.54. The molecule has 2 unspecified atom stereocenters. The van der Waals surface area contributed by atoms with E-state index in [-0.39, 0.29) is 29.1 Å². The van der Waals surface area contributed by atoms with E-state index in [1.807, 2.05) is 62.3 Å². The van der Waals surface area contributed by atoms with Crippen molar-refractivity contribution in [3.63, 3.8) is 0 Å². The average Bonchev–Trinajstić information content (AvgIpc) is 3.40. The van der Waals surface area contributed by atoms with Gasteiger partial charge in [0.2, 0.25) is 17.7 Å². The largest absolute Gasteiger partial charge is 0.378 e. The summed E-state index contributed by atoms with van der Waals surface area (Å²) in [5, 5.41) is -0.106. The van der Waals surface area contributed by atoms with Crippen LogP contribution < -0.4 is 14.7 Å². The SMILES string of the molecule is Cc1ccc(N2C(=O)C3Sc4c(sc(=O)n4CC(=O)N4CCOCC4)[C@H](c4ccc(N(C)C)cc4)C3C2=O)cc1. The first-order chi connectivity index (χ1) is 19.2. The number of ether oxygens (including phenoxy) is 1. The van der Waals surface area contributed by atoms with Gasteiger partial charge in [-0.15, -0.1) is 0 Å². The number of benzene rings is 2. The minimum atomic E-state index is -0.710. The molecule has 0 bridgehead atoms. The maximum Gasteiger partial charge on any atom is 0.308 e. The van der Waals surface area contributed by atoms with Crippen LogP contribution in [0.3, 0.4) is 0 Å². The van der Waals surface area contributed by atoms with E-state index in [9.17, 15) is 19.2 Å². The molecule has 3 amide bonds. The van der Waals surface area contributed by atoms with Crippen LogP contribution in [0.2, 0.25) is 0 Å². The standard InChI is InChI=1S/C29H30N4O5S2/c1-17-4-8-20(9-5-17)33-26(35)23-22(18-6-10-19(11-7-18)30(2)3)25-28(39-24(23)27(33)36)32(29(37)40-25)16-21(34)31-12-14-38-15-13-31/h4-11,22-24H,12-16H2,1-3H3/t22-,23?,24?/m1/s1. The van der Waals surface area contributed by atoms with Crippen molar-refractivity contribution in [2.45, 2.75) is 29.7 Å². The Bertz CT molecular complexity index is 1520. The number of aryl methyl sites for hydroxylation is 1. The van der Waals surface area contributed by atoms with Crippen molar-refractivity contribution >= 4 is 52.2 Å². The fourth-order valence-corrected chi connectivity index (χ4v) is 8.36. The Morgan fingerprint density at radius 2 is 1.65 bits per heavy atom. The fourth-order valence-electron chi connectivity index (χ4n) is 5.59. The molecule has 0 N–H and O–H groups in total. The number of amides is 3. The first kappa shape index (κ1) is 26.8. The summed E-state index contributed by atoms with van der Waals surface area (Å²) in [7, 11) is 3.91. The Hall–Kier alpha value is -3.41. The van der Waals surface area contributed by atoms with Crippen LogP contribution in [0.1, 0.15) is 21.9 Å². The van der Waals surface area contributed by atoms with E-state index in [0.717, 1.165) is 33.0 Å². The molecule has 1 aromatic heterocycles. The van der Waals surface area contributed by atoms with Crippen LogP contribution in [0.4, 0.5) is 11.4 Å². The van der Waals surface area contributed by atoms with E-state index >= 15 is 0 Å². The molecule has 6 rings (SSSR count). The topological polar surface area (TPSA) is 92.2 Å². The summed E-state index contributed by atoms with van der Waals surface area (Å²) in [5.74, 6) is -1.87. The van der Waals surface area contributed by atoms with Crippen molar-refractivity contribution in [3.8, 4) is 0 Å². The second-order valence-corrected chi connectivity index (χ2v) is 12.6. The van der Waals surface area contributed by atoms with Gasteiger partial charge in [-0.2, -0.15) is 0 Å². The quantitative estimate of drug-likeness (QED) is 0.430. The highest BCUT2D eigenvalue weighted by atomic mass is 32.2. The normalized spacial score (nSPS) is 22.3. The first-order valence-electron chi connectivity index (χ1n) is 13.2. The molecule has 0 radical (unpaired) electrons. The second-order valence-electron chi connectivity index (χ2n) is 10.5. The lowest BCUT2D eigenvalue weighted by molar-refractivity contribution is -0.136. The van der Waals surface area contributed by atoms with Gasteiger partial charge in [-0.05, 0) is 36.8 Å². The van der Waals surface area contributed by atoms with Gasteiger partial charge in [0.1, 0.15) is 11.8 Å². The summed E-state index contributed by atoms with van der Waals surface area (Å²) in [6, 6.07) is 15.2. The van der Waals surface area contributed by atoms with Gasteiger partial charge in [-0.1, -0.05) is 52.9 Å². The number of thiazole rings is 1. The number of carbonyl (C=O) groups excluding carboxylic acids is 3. The van der Waals surface area contributed by atoms with Crippen LogP contribution >= 0.6 is 23.1 Å². The van der Waals surface area contributed by atoms with E-state index in [1.165, 1.54) is 21.2 Å². The Morgan fingerprint density at radius 1 is 0.975 bits per heavy atom. The van der Waals surface area contributed by atoms with Crippen LogP contribution in [0.15, 0.2) is 58.4 Å². The van der Waals surface area contributed by atoms with Crippen molar-refractivity contribution in [1.29, 1.82) is 0 Å². The predicted molar refractivity (Wildman–Crippen MR) is 155 cm³/mol. The van der Waals surface area contributed by atoms with Crippen LogP contribution in [0, 0.1) is 12.8 Å². The molecule has 0 aliphatic carbocycles. The maximum absolute atomic E-state index is 14.0. The molecule has 4 heterocycles. The molecule has 3 atom stereocenters. The van der Waals surface area contributed by atoms with Gasteiger partial charge < -0.3 is 14.5 Å². The number of hydrogen-bond donors (Lipinski definition) is 0. The van der Waals surface area contributed by atoms with Gasteiger partial charge in [0.05, 0.1) is 29.8 Å². The number of imide groups is 1. The molecule has 2 fully saturated rings. The number of thioether (sulfide) groups is 1. The molecular weight excluding hydrogens is 548 g/mol. The molecule has 3 aliphatic heterocycles. The molecule has 3 aliphatic rings. The number of aromatic nitrogens is 1. The van der Waals surface area contributed by atoms with Crippen LogP contribution in [0.25, 0.3) is 0 Å². The number of fused-ring (bicyclic) bond motifs is 2. The molecule has 2 saturated heterocycles. The van der Waals surface area contributed by atoms with Crippen molar-refractivity contribution in [2.24, 2.45) is 5.92 Å². The third kappa shape index (κ3) is 4.55. The number of nitrogens with zero attached hydrogens (tertiary/aromatic N) is 4. The fraction of sp³-hybridized carbons (Fsp3) is 0.379. The van der Waals surface area contributed by atoms with E-state index in [4.69, 9.17) is 4.74 Å². The van der Waals surface area contributed by atoms with Crippen molar-refractivity contribution in [2.75, 3.05) is 50.2 Å². The molecule has 0 saturated carbocycles. The molecule has 0 spiro atoms. The average molecular weight is 579 g/mol.